The Balaban J connectivity index is 1.62. The summed E-state index contributed by atoms with van der Waals surface area (Å²) in [6.07, 6.45) is 3.10. The van der Waals surface area contributed by atoms with E-state index >= 15 is 0 Å². The second-order valence-corrected chi connectivity index (χ2v) is 10.5. The molecule has 1 aliphatic rings. The van der Waals surface area contributed by atoms with Crippen molar-refractivity contribution in [2.24, 2.45) is 0 Å². The van der Waals surface area contributed by atoms with Gasteiger partial charge in [-0.2, -0.15) is 8.42 Å². The Bertz CT molecular complexity index is 1250. The van der Waals surface area contributed by atoms with Crippen molar-refractivity contribution >= 4 is 39.3 Å². The monoisotopic (exact) mass is 523 g/mol. The molecule has 0 N–H and O–H groups in total. The number of rotatable bonds is 7. The van der Waals surface area contributed by atoms with Gasteiger partial charge in [-0.15, -0.1) is 0 Å². The molecule has 180 valence electrons. The van der Waals surface area contributed by atoms with Gasteiger partial charge in [0.2, 0.25) is 11.8 Å². The predicted molar refractivity (Wildman–Crippen MR) is 132 cm³/mol. The van der Waals surface area contributed by atoms with E-state index < -0.39 is 10.1 Å². The van der Waals surface area contributed by atoms with E-state index in [1.807, 2.05) is 0 Å². The van der Waals surface area contributed by atoms with Crippen LogP contribution in [0.2, 0.25) is 10.0 Å². The molecule has 0 bridgehead atoms. The normalized spacial score (nSPS) is 14.8. The fraction of sp³-hybridized carbons (Fsp3) is 0.318. The van der Waals surface area contributed by atoms with E-state index in [4.69, 9.17) is 32.1 Å². The van der Waals surface area contributed by atoms with E-state index in [0.717, 1.165) is 26.2 Å². The molecular formula is C22H23Cl2N5O4S. The lowest BCUT2D eigenvalue weighted by molar-refractivity contribution is 0.311. The molecule has 1 fully saturated rings. The second kappa shape index (κ2) is 10.3. The summed E-state index contributed by atoms with van der Waals surface area (Å²) in [6, 6.07) is 7.77. The highest BCUT2D eigenvalue weighted by atomic mass is 35.5. The maximum atomic E-state index is 12.0. The van der Waals surface area contributed by atoms with Gasteiger partial charge >= 0.3 is 10.1 Å². The predicted octanol–water partition coefficient (Wildman–Crippen LogP) is 4.12. The van der Waals surface area contributed by atoms with Crippen LogP contribution >= 0.6 is 23.2 Å². The number of hydrogen-bond donors (Lipinski definition) is 0. The largest absolute Gasteiger partial charge is 0.436 e. The van der Waals surface area contributed by atoms with Crippen molar-refractivity contribution in [3.8, 4) is 28.6 Å². The zero-order chi connectivity index (χ0) is 24.3. The molecule has 0 radical (unpaired) electrons. The third-order valence-electron chi connectivity index (χ3n) is 5.13. The zero-order valence-electron chi connectivity index (χ0n) is 18.6. The van der Waals surface area contributed by atoms with Gasteiger partial charge in [0.05, 0.1) is 23.8 Å². The lowest BCUT2D eigenvalue weighted by Crippen LogP contribution is -2.45. The zero-order valence-corrected chi connectivity index (χ0v) is 20.9. The molecule has 12 heteroatoms. The van der Waals surface area contributed by atoms with Crippen LogP contribution in [0.25, 0.3) is 11.3 Å². The van der Waals surface area contributed by atoms with E-state index in [1.165, 1.54) is 19.1 Å². The van der Waals surface area contributed by atoms with Crippen LogP contribution in [-0.4, -0.2) is 67.2 Å². The van der Waals surface area contributed by atoms with Crippen molar-refractivity contribution < 1.29 is 17.3 Å². The molecule has 0 atom stereocenters. The van der Waals surface area contributed by atoms with E-state index in [-0.39, 0.29) is 17.4 Å². The molecule has 0 unspecified atom stereocenters. The number of hydrogen-bond acceptors (Lipinski definition) is 9. The number of ether oxygens (including phenoxy) is 1. The molecule has 0 spiro atoms. The van der Waals surface area contributed by atoms with Gasteiger partial charge in [-0.1, -0.05) is 23.2 Å². The van der Waals surface area contributed by atoms with Gasteiger partial charge in [0, 0.05) is 53.9 Å². The van der Waals surface area contributed by atoms with Crippen LogP contribution in [0, 0.1) is 0 Å². The molecule has 4 rings (SSSR count). The highest BCUT2D eigenvalue weighted by Crippen LogP contribution is 2.32. The Labute approximate surface area is 208 Å². The van der Waals surface area contributed by atoms with Crippen molar-refractivity contribution in [2.45, 2.75) is 6.92 Å². The number of halogens is 2. The number of nitrogens with zero attached hydrogens (tertiary/aromatic N) is 5. The van der Waals surface area contributed by atoms with Crippen LogP contribution in [-0.2, 0) is 10.1 Å². The minimum Gasteiger partial charge on any atom is -0.436 e. The molecule has 9 nitrogen and oxygen atoms in total. The van der Waals surface area contributed by atoms with Gasteiger partial charge < -0.3 is 18.7 Å². The Morgan fingerprint density at radius 3 is 2.21 bits per heavy atom. The first-order chi connectivity index (χ1) is 16.2. The number of benzene rings is 1. The summed E-state index contributed by atoms with van der Waals surface area (Å²) in [5.74, 6) is 0.925. The van der Waals surface area contributed by atoms with Crippen LogP contribution < -0.4 is 13.8 Å². The molecule has 0 aliphatic carbocycles. The number of aromatic nitrogens is 3. The Kier molecular flexibility index (Phi) is 7.42. The van der Waals surface area contributed by atoms with Gasteiger partial charge in [-0.3, -0.25) is 0 Å². The number of pyridine rings is 1. The maximum Gasteiger partial charge on any atom is 0.308 e. The Morgan fingerprint density at radius 1 is 0.941 bits per heavy atom. The van der Waals surface area contributed by atoms with Crippen LogP contribution in [0.15, 0.2) is 42.7 Å². The molecule has 34 heavy (non-hydrogen) atoms. The molecule has 1 aliphatic heterocycles. The summed E-state index contributed by atoms with van der Waals surface area (Å²) in [4.78, 5) is 17.6. The minimum atomic E-state index is -3.77. The summed E-state index contributed by atoms with van der Waals surface area (Å²) in [5.41, 5.74) is 0.946. The summed E-state index contributed by atoms with van der Waals surface area (Å²) in [7, 11) is -1.69. The lowest BCUT2D eigenvalue weighted by Gasteiger charge is -2.32. The summed E-state index contributed by atoms with van der Waals surface area (Å²) in [5, 5.41) is 0.819. The van der Waals surface area contributed by atoms with Gasteiger partial charge in [-0.05, 0) is 32.2 Å². The highest BCUT2D eigenvalue weighted by molar-refractivity contribution is 7.87. The SMILES string of the molecule is CCS(=O)(=O)Oc1cc(Oc2cnc(N3CCN(C)CC3)nc2)nc(-c2cc(Cl)cc(Cl)c2)c1. The molecule has 0 saturated carbocycles. The van der Waals surface area contributed by atoms with Gasteiger partial charge in [0.25, 0.3) is 0 Å². The van der Waals surface area contributed by atoms with Crippen LogP contribution in [0.1, 0.15) is 6.92 Å². The first kappa shape index (κ1) is 24.5. The number of anilines is 1. The van der Waals surface area contributed by atoms with Crippen molar-refractivity contribution in [3.63, 3.8) is 0 Å². The minimum absolute atomic E-state index is 0.0490. The fourth-order valence-corrected chi connectivity index (χ4v) is 4.32. The van der Waals surface area contributed by atoms with Crippen LogP contribution in [0.3, 0.4) is 0 Å². The molecule has 1 saturated heterocycles. The summed E-state index contributed by atoms with van der Waals surface area (Å²) >= 11 is 12.3. The maximum absolute atomic E-state index is 12.0. The van der Waals surface area contributed by atoms with Crippen molar-refractivity contribution in [1.82, 2.24) is 19.9 Å². The van der Waals surface area contributed by atoms with Gasteiger partial charge in [0.1, 0.15) is 5.75 Å². The van der Waals surface area contributed by atoms with Crippen LogP contribution in [0.5, 0.6) is 17.4 Å². The van der Waals surface area contributed by atoms with E-state index in [1.54, 1.807) is 30.6 Å². The van der Waals surface area contributed by atoms with E-state index in [2.05, 4.69) is 31.8 Å². The topological polar surface area (TPSA) is 97.8 Å². The fourth-order valence-electron chi connectivity index (χ4n) is 3.29. The standard InChI is InChI=1S/C22H23Cl2N5O4S/c1-3-34(30,31)33-18-11-20(15-8-16(23)10-17(24)9-15)27-21(12-18)32-19-13-25-22(26-14-19)29-6-4-28(2)5-7-29/h8-14H,3-7H2,1-2H3. The molecule has 0 amide bonds. The average Bonchev–Trinajstić information content (AvgIpc) is 2.79. The lowest BCUT2D eigenvalue weighted by atomic mass is 10.1. The van der Waals surface area contributed by atoms with Crippen molar-refractivity contribution in [3.05, 3.63) is 52.8 Å². The molecular weight excluding hydrogens is 501 g/mol. The van der Waals surface area contributed by atoms with E-state index in [9.17, 15) is 8.42 Å². The third kappa shape index (κ3) is 6.26. The second-order valence-electron chi connectivity index (χ2n) is 7.73. The molecule has 2 aromatic heterocycles. The number of likely N-dealkylation sites (N-methyl/N-ethyl adjacent to an activating group) is 1. The van der Waals surface area contributed by atoms with Gasteiger partial charge in [-0.25, -0.2) is 15.0 Å². The molecule has 3 heterocycles. The number of piperazine rings is 1. The van der Waals surface area contributed by atoms with Gasteiger partial charge in [0.15, 0.2) is 5.75 Å². The van der Waals surface area contributed by atoms with Crippen molar-refractivity contribution in [2.75, 3.05) is 43.9 Å². The first-order valence-corrected chi connectivity index (χ1v) is 12.9. The summed E-state index contributed by atoms with van der Waals surface area (Å²) < 4.78 is 35.1. The van der Waals surface area contributed by atoms with Crippen LogP contribution in [0.4, 0.5) is 5.95 Å². The molecule has 1 aromatic carbocycles. The van der Waals surface area contributed by atoms with Crippen molar-refractivity contribution in [1.29, 1.82) is 0 Å². The summed E-state index contributed by atoms with van der Waals surface area (Å²) in [6.45, 7) is 5.06. The highest BCUT2D eigenvalue weighted by Gasteiger charge is 2.18. The first-order valence-electron chi connectivity index (χ1n) is 10.5. The van der Waals surface area contributed by atoms with E-state index in [0.29, 0.717) is 33.0 Å². The smallest absolute Gasteiger partial charge is 0.308 e. The third-order valence-corrected chi connectivity index (χ3v) is 6.72. The Hall–Kier alpha value is -2.66. The molecule has 3 aromatic rings. The average molecular weight is 524 g/mol. The quantitative estimate of drug-likeness (QED) is 0.423. The Morgan fingerprint density at radius 2 is 1.59 bits per heavy atom.